The van der Waals surface area contributed by atoms with Crippen LogP contribution >= 0.6 is 46.8 Å². The molecule has 1 saturated carbocycles. The van der Waals surface area contributed by atoms with Gasteiger partial charge in [0, 0.05) is 17.5 Å². The predicted molar refractivity (Wildman–Crippen MR) is 140 cm³/mol. The third-order valence-electron chi connectivity index (χ3n) is 6.21. The van der Waals surface area contributed by atoms with Crippen molar-refractivity contribution in [2.24, 2.45) is 0 Å². The Balaban J connectivity index is 1.41. The Hall–Kier alpha value is -2.19. The van der Waals surface area contributed by atoms with Crippen molar-refractivity contribution in [1.82, 2.24) is 9.97 Å². The summed E-state index contributed by atoms with van der Waals surface area (Å²) in [5.74, 6) is 0.813. The van der Waals surface area contributed by atoms with Gasteiger partial charge in [-0.1, -0.05) is 59.8 Å². The Kier molecular flexibility index (Phi) is 6.80. The van der Waals surface area contributed by atoms with Crippen molar-refractivity contribution in [3.8, 4) is 0 Å². The van der Waals surface area contributed by atoms with Crippen LogP contribution < -0.4 is 15.4 Å². The molecule has 5 rings (SSSR count). The van der Waals surface area contributed by atoms with E-state index in [1.807, 2.05) is 6.07 Å². The monoisotopic (exact) mass is 535 g/mol. The molecular formula is C24H21Cl3FN5S. The highest BCUT2D eigenvalue weighted by atomic mass is 35.5. The topological polar surface area (TPSA) is 67.1 Å². The zero-order chi connectivity index (χ0) is 23.8. The predicted octanol–water partition coefficient (Wildman–Crippen LogP) is 7.47. The zero-order valence-corrected chi connectivity index (χ0v) is 21.1. The molecule has 2 aromatic carbocycles. The van der Waals surface area contributed by atoms with Gasteiger partial charge in [0.15, 0.2) is 0 Å². The molecule has 2 aliphatic rings. The molecule has 0 bridgehead atoms. The SMILES string of the molecule is Nc1ncnc2c1C(c1ccc(NSc3ccc(Cl)c(Cl)c3Cl)c(F)c1)=CCN2C1CCCC1. The maximum absolute atomic E-state index is 15.1. The molecule has 176 valence electrons. The van der Waals surface area contributed by atoms with Crippen LogP contribution in [-0.4, -0.2) is 22.6 Å². The molecule has 0 saturated heterocycles. The number of halogens is 4. The molecule has 5 nitrogen and oxygen atoms in total. The quantitative estimate of drug-likeness (QED) is 0.260. The molecule has 1 aliphatic heterocycles. The van der Waals surface area contributed by atoms with Crippen LogP contribution in [0.1, 0.15) is 36.8 Å². The molecule has 1 aromatic heterocycles. The number of rotatable bonds is 5. The first-order valence-electron chi connectivity index (χ1n) is 10.9. The van der Waals surface area contributed by atoms with Gasteiger partial charge in [-0.3, -0.25) is 0 Å². The van der Waals surface area contributed by atoms with Crippen molar-refractivity contribution in [1.29, 1.82) is 0 Å². The molecule has 2 heterocycles. The largest absolute Gasteiger partial charge is 0.383 e. The highest BCUT2D eigenvalue weighted by Crippen LogP contribution is 2.41. The Morgan fingerprint density at radius 2 is 1.85 bits per heavy atom. The summed E-state index contributed by atoms with van der Waals surface area (Å²) in [7, 11) is 0. The Morgan fingerprint density at radius 3 is 2.62 bits per heavy atom. The van der Waals surface area contributed by atoms with Crippen LogP contribution in [-0.2, 0) is 0 Å². The lowest BCUT2D eigenvalue weighted by molar-refractivity contribution is 0.621. The number of benzene rings is 2. The van der Waals surface area contributed by atoms with Gasteiger partial charge < -0.3 is 15.4 Å². The van der Waals surface area contributed by atoms with Gasteiger partial charge in [-0.2, -0.15) is 0 Å². The highest BCUT2D eigenvalue weighted by Gasteiger charge is 2.30. The second kappa shape index (κ2) is 9.82. The molecule has 3 aromatic rings. The van der Waals surface area contributed by atoms with Crippen LogP contribution in [0.15, 0.2) is 47.6 Å². The summed E-state index contributed by atoms with van der Waals surface area (Å²) in [6, 6.07) is 8.85. The lowest BCUT2D eigenvalue weighted by Crippen LogP contribution is -2.37. The Labute approximate surface area is 216 Å². The first-order chi connectivity index (χ1) is 16.4. The van der Waals surface area contributed by atoms with Crippen LogP contribution in [0.25, 0.3) is 5.57 Å². The van der Waals surface area contributed by atoms with Gasteiger partial charge in [0.2, 0.25) is 0 Å². The van der Waals surface area contributed by atoms with Crippen molar-refractivity contribution in [2.45, 2.75) is 36.6 Å². The normalized spacial score (nSPS) is 15.9. The van der Waals surface area contributed by atoms with E-state index < -0.39 is 5.82 Å². The maximum atomic E-state index is 15.1. The lowest BCUT2D eigenvalue weighted by Gasteiger charge is -2.34. The number of nitrogen functional groups attached to an aromatic ring is 1. The average Bonchev–Trinajstić information content (AvgIpc) is 3.37. The second-order valence-electron chi connectivity index (χ2n) is 8.24. The summed E-state index contributed by atoms with van der Waals surface area (Å²) in [6.07, 6.45) is 8.31. The first kappa shape index (κ1) is 23.5. The number of aromatic nitrogens is 2. The minimum absolute atomic E-state index is 0.264. The summed E-state index contributed by atoms with van der Waals surface area (Å²) in [4.78, 5) is 11.7. The van der Waals surface area contributed by atoms with E-state index in [1.165, 1.54) is 25.2 Å². The Morgan fingerprint density at radius 1 is 1.06 bits per heavy atom. The van der Waals surface area contributed by atoms with E-state index in [2.05, 4.69) is 25.7 Å². The minimum atomic E-state index is -0.405. The van der Waals surface area contributed by atoms with Crippen LogP contribution in [0.5, 0.6) is 0 Å². The van der Waals surface area contributed by atoms with E-state index in [0.717, 1.165) is 47.3 Å². The van der Waals surface area contributed by atoms with Gasteiger partial charge in [-0.15, -0.1) is 0 Å². The standard InChI is InChI=1S/C24H21Cl3FN5S/c25-16-6-8-19(22(27)21(16)26)34-32-18-7-5-13(11-17(18)28)15-9-10-33(14-3-1-2-4-14)24-20(15)23(29)30-12-31-24/h5-9,11-12,14,32H,1-4,10H2,(H2,29,30,31). The molecule has 0 unspecified atom stereocenters. The van der Waals surface area contributed by atoms with Gasteiger partial charge in [0.1, 0.15) is 23.8 Å². The fourth-order valence-corrected chi connectivity index (χ4v) is 5.93. The summed E-state index contributed by atoms with van der Waals surface area (Å²) in [5, 5.41) is 0.942. The molecule has 10 heteroatoms. The number of nitrogens with two attached hydrogens (primary N) is 1. The van der Waals surface area contributed by atoms with Crippen LogP contribution in [0.4, 0.5) is 21.7 Å². The fourth-order valence-electron chi connectivity index (χ4n) is 4.51. The minimum Gasteiger partial charge on any atom is -0.383 e. The molecule has 1 aliphatic carbocycles. The average molecular weight is 537 g/mol. The molecule has 1 fully saturated rings. The third-order valence-corrected chi connectivity index (χ3v) is 8.49. The zero-order valence-electron chi connectivity index (χ0n) is 18.0. The van der Waals surface area contributed by atoms with Gasteiger partial charge >= 0.3 is 0 Å². The summed E-state index contributed by atoms with van der Waals surface area (Å²) in [5.41, 5.74) is 8.92. The first-order valence-corrected chi connectivity index (χ1v) is 12.8. The van der Waals surface area contributed by atoms with E-state index in [9.17, 15) is 0 Å². The number of nitrogens with zero attached hydrogens (tertiary/aromatic N) is 3. The Bertz CT molecular complexity index is 1280. The van der Waals surface area contributed by atoms with Crippen molar-refractivity contribution >= 4 is 69.6 Å². The van der Waals surface area contributed by atoms with Gasteiger partial charge in [0.25, 0.3) is 0 Å². The number of nitrogens with one attached hydrogen (secondary N) is 1. The molecular weight excluding hydrogens is 516 g/mol. The van der Waals surface area contributed by atoms with Crippen LogP contribution in [0.3, 0.4) is 0 Å². The van der Waals surface area contributed by atoms with E-state index >= 15 is 4.39 Å². The number of fused-ring (bicyclic) bond motifs is 1. The van der Waals surface area contributed by atoms with Crippen molar-refractivity contribution in [3.63, 3.8) is 0 Å². The molecule has 0 radical (unpaired) electrons. The van der Waals surface area contributed by atoms with Gasteiger partial charge in [-0.25, -0.2) is 14.4 Å². The van der Waals surface area contributed by atoms with Crippen molar-refractivity contribution in [3.05, 3.63) is 74.7 Å². The van der Waals surface area contributed by atoms with Gasteiger partial charge in [-0.05, 0) is 60.2 Å². The van der Waals surface area contributed by atoms with Crippen LogP contribution in [0, 0.1) is 5.82 Å². The van der Waals surface area contributed by atoms with Crippen LogP contribution in [0.2, 0.25) is 15.1 Å². The highest BCUT2D eigenvalue weighted by molar-refractivity contribution is 8.00. The fraction of sp³-hybridized carbons (Fsp3) is 0.250. The summed E-state index contributed by atoms with van der Waals surface area (Å²) in [6.45, 7) is 0.705. The van der Waals surface area contributed by atoms with Gasteiger partial charge in [0.05, 0.1) is 26.3 Å². The smallest absolute Gasteiger partial charge is 0.147 e. The molecule has 34 heavy (non-hydrogen) atoms. The third kappa shape index (κ3) is 4.42. The van der Waals surface area contributed by atoms with E-state index in [-0.39, 0.29) is 5.02 Å². The number of anilines is 3. The summed E-state index contributed by atoms with van der Waals surface area (Å²) < 4.78 is 18.1. The van der Waals surface area contributed by atoms with E-state index in [0.29, 0.717) is 39.0 Å². The molecule has 3 N–H and O–H groups in total. The van der Waals surface area contributed by atoms with Crippen molar-refractivity contribution in [2.75, 3.05) is 21.9 Å². The van der Waals surface area contributed by atoms with Crippen molar-refractivity contribution < 1.29 is 4.39 Å². The number of hydrogen-bond acceptors (Lipinski definition) is 6. The van der Waals surface area contributed by atoms with E-state index in [4.69, 9.17) is 40.5 Å². The maximum Gasteiger partial charge on any atom is 0.147 e. The van der Waals surface area contributed by atoms with E-state index in [1.54, 1.807) is 18.2 Å². The number of hydrogen-bond donors (Lipinski definition) is 2. The molecule has 0 amide bonds. The second-order valence-corrected chi connectivity index (χ2v) is 10.2. The lowest BCUT2D eigenvalue weighted by atomic mass is 9.94. The molecule has 0 spiro atoms. The summed E-state index contributed by atoms with van der Waals surface area (Å²) >= 11 is 19.5. The molecule has 0 atom stereocenters.